The Morgan fingerprint density at radius 1 is 1.19 bits per heavy atom. The van der Waals surface area contributed by atoms with Crippen LogP contribution in [0.15, 0.2) is 35.5 Å². The van der Waals surface area contributed by atoms with E-state index in [1.54, 1.807) is 16.4 Å². The van der Waals surface area contributed by atoms with E-state index in [0.29, 0.717) is 53.7 Å². The van der Waals surface area contributed by atoms with Gasteiger partial charge >= 0.3 is 0 Å². The van der Waals surface area contributed by atoms with Gasteiger partial charge in [0.05, 0.1) is 18.8 Å². The molecule has 2 aliphatic rings. The molecule has 0 spiro atoms. The molecule has 4 atom stereocenters. The van der Waals surface area contributed by atoms with Crippen molar-refractivity contribution in [3.8, 4) is 0 Å². The van der Waals surface area contributed by atoms with Gasteiger partial charge in [0.15, 0.2) is 22.1 Å². The van der Waals surface area contributed by atoms with Crippen LogP contribution in [0.25, 0.3) is 11.2 Å². The molecule has 3 aromatic rings. The van der Waals surface area contributed by atoms with Crippen molar-refractivity contribution >= 4 is 28.7 Å². The minimum atomic E-state index is -0.588. The van der Waals surface area contributed by atoms with Crippen LogP contribution >= 0.6 is 11.8 Å². The molecule has 1 saturated carbocycles. The number of rotatable bonds is 9. The van der Waals surface area contributed by atoms with Crippen molar-refractivity contribution < 1.29 is 10.2 Å². The number of nitrogens with one attached hydrogen (secondary N) is 1. The van der Waals surface area contributed by atoms with E-state index in [9.17, 15) is 10.2 Å². The van der Waals surface area contributed by atoms with Crippen LogP contribution < -0.4 is 5.32 Å². The number of aliphatic hydroxyl groups is 2. The second kappa shape index (κ2) is 9.30. The quantitative estimate of drug-likeness (QED) is 0.329. The lowest BCUT2D eigenvalue weighted by Gasteiger charge is -2.15. The van der Waals surface area contributed by atoms with E-state index in [0.717, 1.165) is 18.6 Å². The minimum Gasteiger partial charge on any atom is -0.395 e. The van der Waals surface area contributed by atoms with E-state index in [1.807, 2.05) is 11.0 Å². The first-order valence-electron chi connectivity index (χ1n) is 11.3. The highest BCUT2D eigenvalue weighted by atomic mass is 32.2. The van der Waals surface area contributed by atoms with Gasteiger partial charge in [0.25, 0.3) is 0 Å². The summed E-state index contributed by atoms with van der Waals surface area (Å²) in [7, 11) is 0. The van der Waals surface area contributed by atoms with E-state index in [1.165, 1.54) is 5.56 Å². The maximum Gasteiger partial charge on any atom is 0.191 e. The first-order chi connectivity index (χ1) is 15.7. The van der Waals surface area contributed by atoms with Gasteiger partial charge in [0.1, 0.15) is 0 Å². The number of likely N-dealkylation sites (tertiary alicyclic amines) is 1. The number of aromatic nitrogens is 5. The zero-order chi connectivity index (χ0) is 22.1. The molecule has 2 aromatic heterocycles. The number of hydrogen-bond acceptors (Lipinski definition) is 9. The highest BCUT2D eigenvalue weighted by Crippen LogP contribution is 2.43. The van der Waals surface area contributed by atoms with E-state index in [4.69, 9.17) is 9.97 Å². The number of aliphatic hydroxyl groups excluding tert-OH is 2. The van der Waals surface area contributed by atoms with Crippen LogP contribution in [0.2, 0.25) is 0 Å². The van der Waals surface area contributed by atoms with Gasteiger partial charge in [0.2, 0.25) is 0 Å². The SMILES string of the molecule is CCCSc1nc(NC2CC2c2ccccc2)c2nnn(C3CN(CCO)CC3O)c2n1. The lowest BCUT2D eigenvalue weighted by atomic mass is 10.1. The van der Waals surface area contributed by atoms with Crippen LogP contribution in [0.5, 0.6) is 0 Å². The molecule has 1 aliphatic carbocycles. The molecule has 0 radical (unpaired) electrons. The molecule has 1 aliphatic heterocycles. The van der Waals surface area contributed by atoms with Gasteiger partial charge in [-0.2, -0.15) is 0 Å². The largest absolute Gasteiger partial charge is 0.395 e. The van der Waals surface area contributed by atoms with Crippen molar-refractivity contribution in [2.45, 2.75) is 49.0 Å². The maximum atomic E-state index is 10.6. The topological polar surface area (TPSA) is 112 Å². The number of fused-ring (bicyclic) bond motifs is 1. The number of nitrogens with zero attached hydrogens (tertiary/aromatic N) is 6. The molecular weight excluding hydrogens is 426 g/mol. The molecule has 0 bridgehead atoms. The van der Waals surface area contributed by atoms with E-state index in [-0.39, 0.29) is 12.6 Å². The summed E-state index contributed by atoms with van der Waals surface area (Å²) in [5, 5.41) is 33.0. The summed E-state index contributed by atoms with van der Waals surface area (Å²) < 4.78 is 1.74. The van der Waals surface area contributed by atoms with Crippen molar-refractivity contribution in [2.75, 3.05) is 37.3 Å². The number of β-amino-alcohol motifs (C(OH)–C–C–N with tert-alkyl or cyclic N) is 2. The zero-order valence-electron chi connectivity index (χ0n) is 18.1. The van der Waals surface area contributed by atoms with Crippen LogP contribution in [-0.4, -0.2) is 84.2 Å². The highest BCUT2D eigenvalue weighted by Gasteiger charge is 2.40. The van der Waals surface area contributed by atoms with Crippen LogP contribution in [0.3, 0.4) is 0 Å². The fraction of sp³-hybridized carbons (Fsp3) is 0.545. The number of anilines is 1. The Morgan fingerprint density at radius 3 is 2.81 bits per heavy atom. The molecule has 9 nitrogen and oxygen atoms in total. The molecule has 2 fully saturated rings. The van der Waals surface area contributed by atoms with Gasteiger partial charge in [-0.3, -0.25) is 4.90 Å². The normalized spacial score (nSPS) is 25.5. The second-order valence-electron chi connectivity index (χ2n) is 8.53. The summed E-state index contributed by atoms with van der Waals surface area (Å²) in [5.41, 5.74) is 2.61. The molecule has 3 heterocycles. The monoisotopic (exact) mass is 455 g/mol. The van der Waals surface area contributed by atoms with E-state index >= 15 is 0 Å². The fourth-order valence-corrected chi connectivity index (χ4v) is 5.10. The summed E-state index contributed by atoms with van der Waals surface area (Å²) >= 11 is 1.62. The Kier molecular flexibility index (Phi) is 6.27. The lowest BCUT2D eigenvalue weighted by molar-refractivity contribution is 0.137. The lowest BCUT2D eigenvalue weighted by Crippen LogP contribution is -2.25. The first-order valence-corrected chi connectivity index (χ1v) is 12.2. The van der Waals surface area contributed by atoms with Gasteiger partial charge in [-0.05, 0) is 18.4 Å². The molecule has 0 amide bonds. The second-order valence-corrected chi connectivity index (χ2v) is 9.59. The molecule has 3 N–H and O–H groups in total. The van der Waals surface area contributed by atoms with Crippen molar-refractivity contribution in [2.24, 2.45) is 0 Å². The van der Waals surface area contributed by atoms with Crippen LogP contribution in [-0.2, 0) is 0 Å². The number of thioether (sulfide) groups is 1. The molecule has 1 aromatic carbocycles. The number of benzene rings is 1. The van der Waals surface area contributed by atoms with Gasteiger partial charge in [-0.15, -0.1) is 5.10 Å². The average molecular weight is 456 g/mol. The van der Waals surface area contributed by atoms with Gasteiger partial charge < -0.3 is 15.5 Å². The summed E-state index contributed by atoms with van der Waals surface area (Å²) in [5.74, 6) is 2.11. The van der Waals surface area contributed by atoms with Crippen molar-refractivity contribution in [1.82, 2.24) is 29.9 Å². The Hall–Kier alpha value is -2.27. The molecule has 1 saturated heterocycles. The third-order valence-corrected chi connectivity index (χ3v) is 7.20. The maximum absolute atomic E-state index is 10.6. The molecule has 32 heavy (non-hydrogen) atoms. The predicted octanol–water partition coefficient (Wildman–Crippen LogP) is 1.90. The van der Waals surface area contributed by atoms with Crippen molar-refractivity contribution in [3.05, 3.63) is 35.9 Å². The van der Waals surface area contributed by atoms with Crippen molar-refractivity contribution in [3.63, 3.8) is 0 Å². The standard InChI is InChI=1S/C22H29N7O2S/c1-2-10-32-22-24-20(23-16-11-15(16)14-6-4-3-5-7-14)19-21(25-22)29(27-26-19)17-12-28(8-9-30)13-18(17)31/h3-7,15-18,30-31H,2,8-13H2,1H3,(H,23,24,25). The summed E-state index contributed by atoms with van der Waals surface area (Å²) in [6.45, 7) is 3.83. The Balaban J connectivity index is 1.44. The summed E-state index contributed by atoms with van der Waals surface area (Å²) in [6.07, 6.45) is 1.50. The number of hydrogen-bond donors (Lipinski definition) is 3. The predicted molar refractivity (Wildman–Crippen MR) is 124 cm³/mol. The molecule has 5 rings (SSSR count). The minimum absolute atomic E-state index is 0.0650. The summed E-state index contributed by atoms with van der Waals surface area (Å²) in [6, 6.07) is 10.6. The van der Waals surface area contributed by atoms with Gasteiger partial charge in [0, 0.05) is 37.3 Å². The van der Waals surface area contributed by atoms with E-state index < -0.39 is 6.10 Å². The Labute approximate surface area is 191 Å². The molecule has 170 valence electrons. The fourth-order valence-electron chi connectivity index (χ4n) is 4.40. The van der Waals surface area contributed by atoms with E-state index in [2.05, 4.69) is 46.8 Å². The van der Waals surface area contributed by atoms with Crippen molar-refractivity contribution in [1.29, 1.82) is 0 Å². The zero-order valence-corrected chi connectivity index (χ0v) is 18.9. The Morgan fingerprint density at radius 2 is 2.03 bits per heavy atom. The van der Waals surface area contributed by atoms with Crippen LogP contribution in [0.1, 0.15) is 37.3 Å². The molecule has 10 heteroatoms. The Bertz CT molecular complexity index is 1060. The van der Waals surface area contributed by atoms with Gasteiger partial charge in [-0.25, -0.2) is 14.6 Å². The molecule has 4 unspecified atom stereocenters. The highest BCUT2D eigenvalue weighted by molar-refractivity contribution is 7.99. The third-order valence-electron chi connectivity index (χ3n) is 6.14. The van der Waals surface area contributed by atoms with Crippen LogP contribution in [0.4, 0.5) is 5.82 Å². The smallest absolute Gasteiger partial charge is 0.191 e. The third kappa shape index (κ3) is 4.32. The summed E-state index contributed by atoms with van der Waals surface area (Å²) in [4.78, 5) is 11.6. The first kappa shape index (κ1) is 21.6. The average Bonchev–Trinajstić information content (AvgIpc) is 3.29. The molecular formula is C22H29N7O2S. The van der Waals surface area contributed by atoms with Gasteiger partial charge in [-0.1, -0.05) is 54.2 Å². The van der Waals surface area contributed by atoms with Crippen LogP contribution in [0, 0.1) is 0 Å².